The van der Waals surface area contributed by atoms with Crippen molar-refractivity contribution < 1.29 is 9.13 Å². The molecular weight excluding hydrogens is 107 g/mol. The van der Waals surface area contributed by atoms with Crippen molar-refractivity contribution in [2.24, 2.45) is 5.92 Å². The van der Waals surface area contributed by atoms with E-state index in [9.17, 15) is 4.39 Å². The van der Waals surface area contributed by atoms with Crippen LogP contribution in [0.4, 0.5) is 4.39 Å². The fraction of sp³-hybridized carbons (Fsp3) is 1.00. The van der Waals surface area contributed by atoms with E-state index in [0.29, 0.717) is 19.6 Å². The minimum atomic E-state index is -0.622. The lowest BCUT2D eigenvalue weighted by Gasteiger charge is -2.21. The van der Waals surface area contributed by atoms with Crippen molar-refractivity contribution in [3.63, 3.8) is 0 Å². The zero-order valence-corrected chi connectivity index (χ0v) is 5.06. The van der Waals surface area contributed by atoms with Gasteiger partial charge in [0.2, 0.25) is 0 Å². The van der Waals surface area contributed by atoms with Crippen LogP contribution in [0.5, 0.6) is 0 Å². The molecule has 48 valence electrons. The Hall–Kier alpha value is -0.110. The second-order valence-corrected chi connectivity index (χ2v) is 2.36. The Morgan fingerprint density at radius 2 is 2.38 bits per heavy atom. The van der Waals surface area contributed by atoms with Gasteiger partial charge in [0.15, 0.2) is 0 Å². The lowest BCUT2D eigenvalue weighted by atomic mass is 10.0. The van der Waals surface area contributed by atoms with Crippen LogP contribution in [0, 0.1) is 5.92 Å². The van der Waals surface area contributed by atoms with Gasteiger partial charge in [0.25, 0.3) is 0 Å². The van der Waals surface area contributed by atoms with Crippen molar-refractivity contribution in [1.82, 2.24) is 0 Å². The van der Waals surface area contributed by atoms with Crippen molar-refractivity contribution in [3.8, 4) is 0 Å². The fourth-order valence-electron chi connectivity index (χ4n) is 0.854. The van der Waals surface area contributed by atoms with Gasteiger partial charge in [-0.3, -0.25) is 0 Å². The summed E-state index contributed by atoms with van der Waals surface area (Å²) in [6.07, 6.45) is -0.0370. The molecule has 0 aliphatic carbocycles. The number of hydrogen-bond acceptors (Lipinski definition) is 1. The van der Waals surface area contributed by atoms with Gasteiger partial charge in [-0.05, 0) is 0 Å². The lowest BCUT2D eigenvalue weighted by Crippen LogP contribution is -2.25. The molecule has 0 aromatic rings. The predicted octanol–water partition coefficient (Wildman–Crippen LogP) is 1.38. The summed E-state index contributed by atoms with van der Waals surface area (Å²) in [5.74, 6) is 0.115. The molecule has 8 heavy (non-hydrogen) atoms. The fourth-order valence-corrected chi connectivity index (χ4v) is 0.854. The first-order valence-electron chi connectivity index (χ1n) is 3.02. The SMILES string of the molecule is C[C@@H]1COCC[C@@H]1F. The molecule has 0 saturated carbocycles. The molecule has 2 atom stereocenters. The van der Waals surface area contributed by atoms with Crippen LogP contribution in [0.15, 0.2) is 0 Å². The van der Waals surface area contributed by atoms with Crippen LogP contribution in [0.3, 0.4) is 0 Å². The molecule has 1 rings (SSSR count). The summed E-state index contributed by atoms with van der Waals surface area (Å²) in [6.45, 7) is 3.08. The van der Waals surface area contributed by atoms with Gasteiger partial charge in [-0.15, -0.1) is 0 Å². The second-order valence-electron chi connectivity index (χ2n) is 2.36. The van der Waals surface area contributed by atoms with Gasteiger partial charge in [-0.1, -0.05) is 6.92 Å². The van der Waals surface area contributed by atoms with Crippen LogP contribution >= 0.6 is 0 Å². The molecule has 0 aromatic carbocycles. The van der Waals surface area contributed by atoms with Crippen LogP contribution in [0.1, 0.15) is 13.3 Å². The van der Waals surface area contributed by atoms with E-state index in [0.717, 1.165) is 0 Å². The van der Waals surface area contributed by atoms with Gasteiger partial charge >= 0.3 is 0 Å². The van der Waals surface area contributed by atoms with E-state index in [-0.39, 0.29) is 5.92 Å². The first-order chi connectivity index (χ1) is 3.80. The Kier molecular flexibility index (Phi) is 1.84. The summed E-state index contributed by atoms with van der Waals surface area (Å²) in [5, 5.41) is 0. The lowest BCUT2D eigenvalue weighted by molar-refractivity contribution is 0.00933. The van der Waals surface area contributed by atoms with Crippen molar-refractivity contribution in [2.75, 3.05) is 13.2 Å². The van der Waals surface area contributed by atoms with Crippen molar-refractivity contribution in [2.45, 2.75) is 19.5 Å². The quantitative estimate of drug-likeness (QED) is 0.467. The minimum absolute atomic E-state index is 0.115. The van der Waals surface area contributed by atoms with Gasteiger partial charge in [0.05, 0.1) is 6.61 Å². The smallest absolute Gasteiger partial charge is 0.107 e. The van der Waals surface area contributed by atoms with E-state index < -0.39 is 6.17 Å². The summed E-state index contributed by atoms with van der Waals surface area (Å²) in [7, 11) is 0. The summed E-state index contributed by atoms with van der Waals surface area (Å²) in [5.41, 5.74) is 0. The van der Waals surface area contributed by atoms with Gasteiger partial charge in [-0.25, -0.2) is 4.39 Å². The third kappa shape index (κ3) is 1.19. The number of ether oxygens (including phenoxy) is 1. The minimum Gasteiger partial charge on any atom is -0.381 e. The summed E-state index contributed by atoms with van der Waals surface area (Å²) in [6, 6.07) is 0. The maximum atomic E-state index is 12.5. The van der Waals surface area contributed by atoms with Crippen LogP contribution < -0.4 is 0 Å². The average molecular weight is 118 g/mol. The highest BCUT2D eigenvalue weighted by molar-refractivity contribution is 4.67. The zero-order valence-electron chi connectivity index (χ0n) is 5.06. The van der Waals surface area contributed by atoms with Crippen LogP contribution in [0.25, 0.3) is 0 Å². The summed E-state index contributed by atoms with van der Waals surface area (Å²) < 4.78 is 17.5. The highest BCUT2D eigenvalue weighted by atomic mass is 19.1. The molecule has 1 aliphatic rings. The third-order valence-electron chi connectivity index (χ3n) is 1.54. The molecule has 1 fully saturated rings. The molecule has 1 saturated heterocycles. The Bertz CT molecular complexity index is 64.9. The molecule has 2 heteroatoms. The molecule has 0 unspecified atom stereocenters. The van der Waals surface area contributed by atoms with Crippen molar-refractivity contribution in [3.05, 3.63) is 0 Å². The van der Waals surface area contributed by atoms with Crippen LogP contribution in [0.2, 0.25) is 0 Å². The molecule has 0 aromatic heterocycles. The Morgan fingerprint density at radius 3 is 2.75 bits per heavy atom. The van der Waals surface area contributed by atoms with E-state index >= 15 is 0 Å². The maximum absolute atomic E-state index is 12.5. The Balaban J connectivity index is 2.28. The number of halogens is 1. The first-order valence-corrected chi connectivity index (χ1v) is 3.02. The van der Waals surface area contributed by atoms with E-state index in [1.54, 1.807) is 0 Å². The van der Waals surface area contributed by atoms with E-state index in [1.807, 2.05) is 6.92 Å². The third-order valence-corrected chi connectivity index (χ3v) is 1.54. The first kappa shape index (κ1) is 6.02. The second kappa shape index (κ2) is 2.44. The zero-order chi connectivity index (χ0) is 5.98. The monoisotopic (exact) mass is 118 g/mol. The molecule has 0 radical (unpaired) electrons. The van der Waals surface area contributed by atoms with Gasteiger partial charge < -0.3 is 4.74 Å². The molecule has 1 nitrogen and oxygen atoms in total. The highest BCUT2D eigenvalue weighted by Crippen LogP contribution is 2.16. The number of alkyl halides is 1. The summed E-state index contributed by atoms with van der Waals surface area (Å²) in [4.78, 5) is 0. The molecule has 0 bridgehead atoms. The standard InChI is InChI=1S/C6H11FO/c1-5-4-8-3-2-6(5)7/h5-6H,2-4H2,1H3/t5-,6+/m1/s1. The average Bonchev–Trinajstić information content (AvgIpc) is 1.77. The molecule has 0 amide bonds. The predicted molar refractivity (Wildman–Crippen MR) is 29.5 cm³/mol. The largest absolute Gasteiger partial charge is 0.381 e. The molecule has 0 N–H and O–H groups in total. The molecule has 0 spiro atoms. The van der Waals surface area contributed by atoms with Crippen LogP contribution in [-0.4, -0.2) is 19.4 Å². The molecule has 1 aliphatic heterocycles. The van der Waals surface area contributed by atoms with E-state index in [1.165, 1.54) is 0 Å². The topological polar surface area (TPSA) is 9.23 Å². The number of hydrogen-bond donors (Lipinski definition) is 0. The Labute approximate surface area is 48.8 Å². The van der Waals surface area contributed by atoms with Gasteiger partial charge in [0, 0.05) is 18.9 Å². The maximum Gasteiger partial charge on any atom is 0.107 e. The molecular formula is C6H11FO. The summed E-state index contributed by atoms with van der Waals surface area (Å²) >= 11 is 0. The van der Waals surface area contributed by atoms with Gasteiger partial charge in [0.1, 0.15) is 6.17 Å². The van der Waals surface area contributed by atoms with Crippen LogP contribution in [-0.2, 0) is 4.74 Å². The normalized spacial score (nSPS) is 39.8. The van der Waals surface area contributed by atoms with Crippen molar-refractivity contribution in [1.29, 1.82) is 0 Å². The Morgan fingerprint density at radius 1 is 1.62 bits per heavy atom. The number of rotatable bonds is 0. The van der Waals surface area contributed by atoms with E-state index in [2.05, 4.69) is 0 Å². The highest BCUT2D eigenvalue weighted by Gasteiger charge is 2.20. The van der Waals surface area contributed by atoms with E-state index in [4.69, 9.17) is 4.74 Å². The van der Waals surface area contributed by atoms with Gasteiger partial charge in [-0.2, -0.15) is 0 Å². The van der Waals surface area contributed by atoms with Crippen molar-refractivity contribution >= 4 is 0 Å². The molecule has 1 heterocycles.